The first-order chi connectivity index (χ1) is 9.99. The van der Waals surface area contributed by atoms with E-state index in [2.05, 4.69) is 63.3 Å². The summed E-state index contributed by atoms with van der Waals surface area (Å²) in [7, 11) is 0. The van der Waals surface area contributed by atoms with Crippen molar-refractivity contribution in [2.75, 3.05) is 0 Å². The molecule has 1 unspecified atom stereocenters. The lowest BCUT2D eigenvalue weighted by atomic mass is 9.78. The topological polar surface area (TPSA) is 12.0 Å². The Morgan fingerprint density at radius 2 is 1.67 bits per heavy atom. The van der Waals surface area contributed by atoms with E-state index in [1.807, 2.05) is 0 Å². The number of hydrogen-bond donors (Lipinski definition) is 1. The van der Waals surface area contributed by atoms with Gasteiger partial charge < -0.3 is 5.32 Å². The molecule has 0 amide bonds. The zero-order valence-corrected chi connectivity index (χ0v) is 14.4. The normalized spacial score (nSPS) is 20.2. The molecule has 1 heteroatoms. The van der Waals surface area contributed by atoms with Gasteiger partial charge in [-0.2, -0.15) is 0 Å². The molecule has 0 saturated heterocycles. The SMILES string of the molecule is CC(CC(C)(C)c1ccccc1)N[C@H](C)C1CCCCC1. The third-order valence-electron chi connectivity index (χ3n) is 5.28. The maximum atomic E-state index is 3.88. The first kappa shape index (κ1) is 16.5. The molecule has 1 N–H and O–H groups in total. The van der Waals surface area contributed by atoms with Crippen LogP contribution in [0, 0.1) is 5.92 Å². The van der Waals surface area contributed by atoms with Gasteiger partial charge in [-0.1, -0.05) is 63.4 Å². The Hall–Kier alpha value is -0.820. The highest BCUT2D eigenvalue weighted by atomic mass is 14.9. The summed E-state index contributed by atoms with van der Waals surface area (Å²) in [6.45, 7) is 9.48. The molecule has 0 aromatic heterocycles. The fourth-order valence-electron chi connectivity index (χ4n) is 4.05. The highest BCUT2D eigenvalue weighted by Crippen LogP contribution is 2.30. The van der Waals surface area contributed by atoms with Gasteiger partial charge in [0.1, 0.15) is 0 Å². The molecule has 1 saturated carbocycles. The minimum atomic E-state index is 0.236. The molecule has 2 atom stereocenters. The monoisotopic (exact) mass is 287 g/mol. The number of nitrogens with one attached hydrogen (secondary N) is 1. The molecule has 0 heterocycles. The third-order valence-corrected chi connectivity index (χ3v) is 5.28. The molecular formula is C20H33N. The summed E-state index contributed by atoms with van der Waals surface area (Å²) < 4.78 is 0. The van der Waals surface area contributed by atoms with Crippen LogP contribution in [-0.4, -0.2) is 12.1 Å². The second kappa shape index (κ2) is 7.45. The van der Waals surface area contributed by atoms with Crippen LogP contribution < -0.4 is 5.32 Å². The minimum Gasteiger partial charge on any atom is -0.311 e. The molecule has 0 radical (unpaired) electrons. The lowest BCUT2D eigenvalue weighted by Crippen LogP contribution is -2.42. The zero-order chi connectivity index (χ0) is 15.3. The molecule has 2 rings (SSSR count). The molecule has 0 aliphatic heterocycles. The molecular weight excluding hydrogens is 254 g/mol. The summed E-state index contributed by atoms with van der Waals surface area (Å²) in [6, 6.07) is 12.2. The zero-order valence-electron chi connectivity index (χ0n) is 14.4. The Morgan fingerprint density at radius 3 is 2.29 bits per heavy atom. The second-order valence-corrected chi connectivity index (χ2v) is 7.71. The molecule has 1 fully saturated rings. The summed E-state index contributed by atoms with van der Waals surface area (Å²) in [5.41, 5.74) is 1.68. The van der Waals surface area contributed by atoms with Gasteiger partial charge in [-0.15, -0.1) is 0 Å². The van der Waals surface area contributed by atoms with Crippen LogP contribution in [0.3, 0.4) is 0 Å². The summed E-state index contributed by atoms with van der Waals surface area (Å²) in [5, 5.41) is 3.88. The average Bonchev–Trinajstić information content (AvgIpc) is 2.48. The van der Waals surface area contributed by atoms with E-state index in [9.17, 15) is 0 Å². The van der Waals surface area contributed by atoms with E-state index in [4.69, 9.17) is 0 Å². The first-order valence-electron chi connectivity index (χ1n) is 8.80. The van der Waals surface area contributed by atoms with Crippen LogP contribution >= 0.6 is 0 Å². The van der Waals surface area contributed by atoms with E-state index in [-0.39, 0.29) is 5.41 Å². The van der Waals surface area contributed by atoms with Gasteiger partial charge in [0.25, 0.3) is 0 Å². The van der Waals surface area contributed by atoms with Crippen LogP contribution in [0.5, 0.6) is 0 Å². The van der Waals surface area contributed by atoms with Crippen LogP contribution in [0.25, 0.3) is 0 Å². The molecule has 1 aromatic rings. The van der Waals surface area contributed by atoms with Gasteiger partial charge in [-0.05, 0) is 50.0 Å². The quantitative estimate of drug-likeness (QED) is 0.748. The smallest absolute Gasteiger partial charge is 0.00694 e. The van der Waals surface area contributed by atoms with Crippen molar-refractivity contribution in [2.24, 2.45) is 5.92 Å². The summed E-state index contributed by atoms with van der Waals surface area (Å²) in [5.74, 6) is 0.890. The van der Waals surface area contributed by atoms with E-state index < -0.39 is 0 Å². The van der Waals surface area contributed by atoms with Gasteiger partial charge in [0, 0.05) is 12.1 Å². The van der Waals surface area contributed by atoms with Crippen molar-refractivity contribution in [1.82, 2.24) is 5.32 Å². The van der Waals surface area contributed by atoms with E-state index in [1.54, 1.807) is 0 Å². The minimum absolute atomic E-state index is 0.236. The number of rotatable bonds is 6. The van der Waals surface area contributed by atoms with Crippen LogP contribution in [0.1, 0.15) is 71.8 Å². The second-order valence-electron chi connectivity index (χ2n) is 7.71. The Kier molecular flexibility index (Phi) is 5.87. The van der Waals surface area contributed by atoms with Gasteiger partial charge in [0.15, 0.2) is 0 Å². The Bertz CT molecular complexity index is 403. The van der Waals surface area contributed by atoms with E-state index in [0.717, 1.165) is 5.92 Å². The number of benzene rings is 1. The maximum absolute atomic E-state index is 3.88. The van der Waals surface area contributed by atoms with Gasteiger partial charge in [0.2, 0.25) is 0 Å². The van der Waals surface area contributed by atoms with E-state index in [1.165, 1.54) is 44.1 Å². The fraction of sp³-hybridized carbons (Fsp3) is 0.700. The van der Waals surface area contributed by atoms with Gasteiger partial charge in [0.05, 0.1) is 0 Å². The van der Waals surface area contributed by atoms with Crippen molar-refractivity contribution in [1.29, 1.82) is 0 Å². The van der Waals surface area contributed by atoms with Crippen molar-refractivity contribution < 1.29 is 0 Å². The van der Waals surface area contributed by atoms with Crippen LogP contribution in [0.15, 0.2) is 30.3 Å². The standard InChI is InChI=1S/C20H33N/c1-16(21-17(2)18-11-7-5-8-12-18)15-20(3,4)19-13-9-6-10-14-19/h6,9-10,13-14,16-18,21H,5,7-8,11-12,15H2,1-4H3/t16?,17-/m1/s1. The molecule has 1 nitrogen and oxygen atoms in total. The third kappa shape index (κ3) is 4.85. The van der Waals surface area contributed by atoms with Gasteiger partial charge >= 0.3 is 0 Å². The lowest BCUT2D eigenvalue weighted by Gasteiger charge is -2.34. The average molecular weight is 287 g/mol. The van der Waals surface area contributed by atoms with Gasteiger partial charge in [-0.3, -0.25) is 0 Å². The van der Waals surface area contributed by atoms with Crippen molar-refractivity contribution in [3.63, 3.8) is 0 Å². The Labute approximate surface area is 131 Å². The Morgan fingerprint density at radius 1 is 1.05 bits per heavy atom. The van der Waals surface area contributed by atoms with Crippen LogP contribution in [0.2, 0.25) is 0 Å². The highest BCUT2D eigenvalue weighted by molar-refractivity contribution is 5.23. The maximum Gasteiger partial charge on any atom is 0.00694 e. The molecule has 118 valence electrons. The van der Waals surface area contributed by atoms with Crippen molar-refractivity contribution in [3.05, 3.63) is 35.9 Å². The number of hydrogen-bond acceptors (Lipinski definition) is 1. The predicted octanol–water partition coefficient (Wildman–Crippen LogP) is 5.30. The lowest BCUT2D eigenvalue weighted by molar-refractivity contribution is 0.253. The van der Waals surface area contributed by atoms with Gasteiger partial charge in [-0.25, -0.2) is 0 Å². The summed E-state index contributed by atoms with van der Waals surface area (Å²) in [4.78, 5) is 0. The van der Waals surface area contributed by atoms with Crippen molar-refractivity contribution in [2.45, 2.75) is 83.7 Å². The largest absolute Gasteiger partial charge is 0.311 e. The van der Waals surface area contributed by atoms with Crippen molar-refractivity contribution >= 4 is 0 Å². The van der Waals surface area contributed by atoms with Crippen LogP contribution in [-0.2, 0) is 5.41 Å². The summed E-state index contributed by atoms with van der Waals surface area (Å²) in [6.07, 6.45) is 8.33. The Balaban J connectivity index is 1.87. The fourth-order valence-corrected chi connectivity index (χ4v) is 4.05. The molecule has 1 aliphatic rings. The summed E-state index contributed by atoms with van der Waals surface area (Å²) >= 11 is 0. The van der Waals surface area contributed by atoms with Crippen LogP contribution in [0.4, 0.5) is 0 Å². The molecule has 21 heavy (non-hydrogen) atoms. The molecule has 1 aromatic carbocycles. The molecule has 0 spiro atoms. The first-order valence-corrected chi connectivity index (χ1v) is 8.80. The molecule has 0 bridgehead atoms. The van der Waals surface area contributed by atoms with E-state index >= 15 is 0 Å². The predicted molar refractivity (Wildman–Crippen MR) is 92.7 cm³/mol. The van der Waals surface area contributed by atoms with E-state index in [0.29, 0.717) is 12.1 Å². The highest BCUT2D eigenvalue weighted by Gasteiger charge is 2.26. The van der Waals surface area contributed by atoms with Crippen molar-refractivity contribution in [3.8, 4) is 0 Å². The molecule has 1 aliphatic carbocycles.